The van der Waals surface area contributed by atoms with Gasteiger partial charge in [-0.25, -0.2) is 9.97 Å². The van der Waals surface area contributed by atoms with Gasteiger partial charge in [0, 0.05) is 12.1 Å². The lowest BCUT2D eigenvalue weighted by atomic mass is 10.1. The predicted octanol–water partition coefficient (Wildman–Crippen LogP) is 2.93. The molecule has 0 saturated carbocycles. The highest BCUT2D eigenvalue weighted by Crippen LogP contribution is 2.33. The molecule has 3 rings (SSSR count). The highest BCUT2D eigenvalue weighted by molar-refractivity contribution is 7.13. The lowest BCUT2D eigenvalue weighted by Gasteiger charge is -2.28. The van der Waals surface area contributed by atoms with Gasteiger partial charge in [0.15, 0.2) is 0 Å². The molecule has 0 amide bonds. The maximum atomic E-state index is 4.65. The zero-order valence-corrected chi connectivity index (χ0v) is 13.4. The van der Waals surface area contributed by atoms with E-state index in [1.54, 1.807) is 5.51 Å². The zero-order valence-electron chi connectivity index (χ0n) is 12.6. The van der Waals surface area contributed by atoms with E-state index in [0.29, 0.717) is 12.1 Å². The minimum absolute atomic E-state index is 0.390. The minimum Gasteiger partial charge on any atom is -0.315 e. The van der Waals surface area contributed by atoms with Crippen LogP contribution in [-0.4, -0.2) is 37.7 Å². The molecule has 2 aromatic heterocycles. The Labute approximate surface area is 128 Å². The quantitative estimate of drug-likeness (QED) is 0.937. The van der Waals surface area contributed by atoms with Gasteiger partial charge in [0.25, 0.3) is 0 Å². The molecule has 1 saturated heterocycles. The minimum atomic E-state index is 0.390. The Bertz CT molecular complexity index is 598. The summed E-state index contributed by atoms with van der Waals surface area (Å²) < 4.78 is 0. The fourth-order valence-corrected chi connectivity index (χ4v) is 3.34. The number of hydrogen-bond donors (Lipinski definition) is 1. The number of rotatable bonds is 4. The van der Waals surface area contributed by atoms with Crippen molar-refractivity contribution in [2.75, 3.05) is 11.9 Å². The highest BCUT2D eigenvalue weighted by Gasteiger charge is 2.29. The van der Waals surface area contributed by atoms with Crippen molar-refractivity contribution in [3.8, 4) is 0 Å². The molecular formula is C14H20N6S. The first-order valence-electron chi connectivity index (χ1n) is 7.28. The van der Waals surface area contributed by atoms with E-state index in [9.17, 15) is 0 Å². The van der Waals surface area contributed by atoms with Crippen LogP contribution in [-0.2, 0) is 0 Å². The monoisotopic (exact) mass is 304 g/mol. The third kappa shape index (κ3) is 3.19. The van der Waals surface area contributed by atoms with Gasteiger partial charge in [-0.3, -0.25) is 4.90 Å². The smallest absolute Gasteiger partial charge is 0.210 e. The van der Waals surface area contributed by atoms with E-state index in [0.717, 1.165) is 35.4 Å². The molecular weight excluding hydrogens is 284 g/mol. The maximum Gasteiger partial charge on any atom is 0.210 e. The molecule has 0 radical (unpaired) electrons. The first-order valence-corrected chi connectivity index (χ1v) is 8.16. The number of nitrogens with one attached hydrogen (secondary N) is 1. The number of anilines is 2. The largest absolute Gasteiger partial charge is 0.315 e. The van der Waals surface area contributed by atoms with Crippen molar-refractivity contribution >= 4 is 22.3 Å². The van der Waals surface area contributed by atoms with Crippen molar-refractivity contribution in [2.45, 2.75) is 45.7 Å². The molecule has 0 bridgehead atoms. The van der Waals surface area contributed by atoms with Gasteiger partial charge in [0.1, 0.15) is 17.2 Å². The first kappa shape index (κ1) is 14.3. The Morgan fingerprint density at radius 1 is 1.38 bits per heavy atom. The molecule has 1 atom stereocenters. The van der Waals surface area contributed by atoms with Crippen molar-refractivity contribution in [1.29, 1.82) is 0 Å². The Morgan fingerprint density at radius 2 is 2.24 bits per heavy atom. The Hall–Kier alpha value is -1.60. The van der Waals surface area contributed by atoms with Crippen LogP contribution >= 0.6 is 11.3 Å². The summed E-state index contributed by atoms with van der Waals surface area (Å²) in [7, 11) is 0. The Balaban J connectivity index is 1.87. The van der Waals surface area contributed by atoms with Crippen LogP contribution in [0.2, 0.25) is 0 Å². The van der Waals surface area contributed by atoms with Gasteiger partial charge in [-0.15, -0.1) is 10.2 Å². The van der Waals surface area contributed by atoms with Gasteiger partial charge in [-0.1, -0.05) is 11.3 Å². The van der Waals surface area contributed by atoms with E-state index >= 15 is 0 Å². The molecule has 2 aromatic rings. The summed E-state index contributed by atoms with van der Waals surface area (Å²) in [6, 6.07) is 2.97. The topological polar surface area (TPSA) is 66.8 Å². The summed E-state index contributed by atoms with van der Waals surface area (Å²) in [5, 5.41) is 11.8. The summed E-state index contributed by atoms with van der Waals surface area (Å²) in [4.78, 5) is 11.6. The van der Waals surface area contributed by atoms with Crippen LogP contribution in [0.5, 0.6) is 0 Å². The molecule has 0 unspecified atom stereocenters. The fourth-order valence-electron chi connectivity index (χ4n) is 2.89. The molecule has 6 nitrogen and oxygen atoms in total. The molecule has 0 aromatic carbocycles. The lowest BCUT2D eigenvalue weighted by molar-refractivity contribution is 0.202. The average Bonchev–Trinajstić information content (AvgIpc) is 3.08. The molecule has 0 aliphatic carbocycles. The first-order chi connectivity index (χ1) is 10.1. The van der Waals surface area contributed by atoms with E-state index in [-0.39, 0.29) is 0 Å². The van der Waals surface area contributed by atoms with E-state index in [2.05, 4.69) is 44.2 Å². The third-order valence-electron chi connectivity index (χ3n) is 3.75. The molecule has 1 fully saturated rings. The van der Waals surface area contributed by atoms with E-state index < -0.39 is 0 Å². The maximum absolute atomic E-state index is 4.65. The number of aromatic nitrogens is 4. The van der Waals surface area contributed by atoms with E-state index in [4.69, 9.17) is 0 Å². The van der Waals surface area contributed by atoms with Gasteiger partial charge in [-0.2, -0.15) is 0 Å². The van der Waals surface area contributed by atoms with Crippen molar-refractivity contribution in [2.24, 2.45) is 0 Å². The van der Waals surface area contributed by atoms with E-state index in [1.807, 2.05) is 13.0 Å². The second kappa shape index (κ2) is 6.03. The van der Waals surface area contributed by atoms with Crippen LogP contribution in [0, 0.1) is 6.92 Å². The SMILES string of the molecule is Cc1nc(Nc2nncs2)cc([C@@H]2CCCN2C(C)C)n1. The van der Waals surface area contributed by atoms with Crippen molar-refractivity contribution in [3.63, 3.8) is 0 Å². The third-order valence-corrected chi connectivity index (χ3v) is 4.36. The second-order valence-electron chi connectivity index (χ2n) is 5.58. The summed E-state index contributed by atoms with van der Waals surface area (Å²) in [5.74, 6) is 1.58. The number of likely N-dealkylation sites (tertiary alicyclic amines) is 1. The van der Waals surface area contributed by atoms with Crippen LogP contribution in [0.4, 0.5) is 10.9 Å². The molecule has 0 spiro atoms. The molecule has 1 aliphatic heterocycles. The molecule has 3 heterocycles. The Morgan fingerprint density at radius 3 is 2.95 bits per heavy atom. The summed E-state index contributed by atoms with van der Waals surface area (Å²) in [5.41, 5.74) is 2.80. The second-order valence-corrected chi connectivity index (χ2v) is 6.42. The van der Waals surface area contributed by atoms with Crippen LogP contribution in [0.3, 0.4) is 0 Å². The molecule has 1 aliphatic rings. The highest BCUT2D eigenvalue weighted by atomic mass is 32.1. The number of nitrogens with zero attached hydrogens (tertiary/aromatic N) is 5. The van der Waals surface area contributed by atoms with Gasteiger partial charge in [-0.05, 0) is 40.2 Å². The number of aryl methyl sites for hydroxylation is 1. The summed E-state index contributed by atoms with van der Waals surface area (Å²) >= 11 is 1.46. The van der Waals surface area contributed by atoms with Crippen LogP contribution in [0.25, 0.3) is 0 Å². The summed E-state index contributed by atoms with van der Waals surface area (Å²) in [6.45, 7) is 7.56. The predicted molar refractivity (Wildman–Crippen MR) is 83.8 cm³/mol. The van der Waals surface area contributed by atoms with Crippen LogP contribution < -0.4 is 5.32 Å². The van der Waals surface area contributed by atoms with Gasteiger partial charge >= 0.3 is 0 Å². The fraction of sp³-hybridized carbons (Fsp3) is 0.571. The number of hydrogen-bond acceptors (Lipinski definition) is 7. The average molecular weight is 304 g/mol. The molecule has 21 heavy (non-hydrogen) atoms. The zero-order chi connectivity index (χ0) is 14.8. The van der Waals surface area contributed by atoms with Gasteiger partial charge < -0.3 is 5.32 Å². The van der Waals surface area contributed by atoms with Crippen molar-refractivity contribution < 1.29 is 0 Å². The van der Waals surface area contributed by atoms with Crippen LogP contribution in [0.15, 0.2) is 11.6 Å². The van der Waals surface area contributed by atoms with Gasteiger partial charge in [0.05, 0.1) is 11.7 Å². The standard InChI is InChI=1S/C14H20N6S/c1-9(2)20-6-4-5-12(20)11-7-13(17-10(3)16-11)18-14-19-15-8-21-14/h7-9,12H,4-6H2,1-3H3,(H,16,17,18,19)/t12-/m0/s1. The van der Waals surface area contributed by atoms with Crippen molar-refractivity contribution in [1.82, 2.24) is 25.1 Å². The molecule has 1 N–H and O–H groups in total. The van der Waals surface area contributed by atoms with Crippen molar-refractivity contribution in [3.05, 3.63) is 23.1 Å². The lowest BCUT2D eigenvalue weighted by Crippen LogP contribution is -2.30. The van der Waals surface area contributed by atoms with E-state index in [1.165, 1.54) is 17.8 Å². The summed E-state index contributed by atoms with van der Waals surface area (Å²) in [6.07, 6.45) is 2.39. The van der Waals surface area contributed by atoms with Gasteiger partial charge in [0.2, 0.25) is 5.13 Å². The normalized spacial score (nSPS) is 19.3. The molecule has 7 heteroatoms. The molecule has 112 valence electrons. The Kier molecular flexibility index (Phi) is 4.12. The van der Waals surface area contributed by atoms with Crippen LogP contribution in [0.1, 0.15) is 44.2 Å².